The number of hydrogen-bond acceptors (Lipinski definition) is 2. The summed E-state index contributed by atoms with van der Waals surface area (Å²) in [5.74, 6) is 0.267. The molecule has 0 aliphatic carbocycles. The van der Waals surface area contributed by atoms with Gasteiger partial charge in [0.15, 0.2) is 0 Å². The van der Waals surface area contributed by atoms with Gasteiger partial charge in [-0.15, -0.1) is 0 Å². The maximum atomic E-state index is 11.7. The lowest BCUT2D eigenvalue weighted by Gasteiger charge is -2.21. The Labute approximate surface area is 80.5 Å². The lowest BCUT2D eigenvalue weighted by Crippen LogP contribution is -2.43. The predicted molar refractivity (Wildman–Crippen MR) is 53.5 cm³/mol. The Hall–Kier alpha value is -0.570. The largest absolute Gasteiger partial charge is 0.339 e. The molecule has 1 aliphatic rings. The van der Waals surface area contributed by atoms with Gasteiger partial charge in [0.2, 0.25) is 5.91 Å². The van der Waals surface area contributed by atoms with E-state index in [1.807, 2.05) is 4.90 Å². The Morgan fingerprint density at radius 2 is 2.00 bits per heavy atom. The highest BCUT2D eigenvalue weighted by atomic mass is 16.2. The highest BCUT2D eigenvalue weighted by Gasteiger charge is 2.32. The Balaban J connectivity index is 2.50. The Bertz CT molecular complexity index is 189. The molecule has 0 aromatic rings. The molecule has 1 heterocycles. The Kier molecular flexibility index (Phi) is 3.31. The maximum Gasteiger partial charge on any atom is 0.240 e. The molecular formula is C10H20N2O. The summed E-state index contributed by atoms with van der Waals surface area (Å²) in [6.07, 6.45) is 0.954. The van der Waals surface area contributed by atoms with Crippen LogP contribution in [0.4, 0.5) is 0 Å². The van der Waals surface area contributed by atoms with Crippen molar-refractivity contribution in [2.45, 2.75) is 52.2 Å². The average molecular weight is 184 g/mol. The third kappa shape index (κ3) is 2.44. The summed E-state index contributed by atoms with van der Waals surface area (Å²) in [4.78, 5) is 13.7. The highest BCUT2D eigenvalue weighted by Crippen LogP contribution is 2.14. The lowest BCUT2D eigenvalue weighted by atomic mass is 10.2. The molecule has 76 valence electrons. The fourth-order valence-corrected chi connectivity index (χ4v) is 1.77. The highest BCUT2D eigenvalue weighted by molar-refractivity contribution is 5.84. The number of nitrogens with zero attached hydrogens (tertiary/aromatic N) is 1. The monoisotopic (exact) mass is 184 g/mol. The fourth-order valence-electron chi connectivity index (χ4n) is 1.77. The normalized spacial score (nSPS) is 23.7. The number of likely N-dealkylation sites (tertiary alicyclic amines) is 1. The van der Waals surface area contributed by atoms with Crippen molar-refractivity contribution in [3.05, 3.63) is 0 Å². The Morgan fingerprint density at radius 1 is 1.38 bits per heavy atom. The van der Waals surface area contributed by atoms with E-state index < -0.39 is 0 Å². The van der Waals surface area contributed by atoms with Crippen LogP contribution in [0.3, 0.4) is 0 Å². The minimum Gasteiger partial charge on any atom is -0.339 e. The number of carbonyl (C=O) groups excluding carboxylic acids is 1. The molecule has 1 N–H and O–H groups in total. The van der Waals surface area contributed by atoms with Crippen molar-refractivity contribution in [3.63, 3.8) is 0 Å². The van der Waals surface area contributed by atoms with Crippen molar-refractivity contribution < 1.29 is 4.79 Å². The van der Waals surface area contributed by atoms with Crippen LogP contribution in [0.25, 0.3) is 0 Å². The maximum absolute atomic E-state index is 11.7. The number of rotatable bonds is 3. The van der Waals surface area contributed by atoms with Crippen LogP contribution >= 0.6 is 0 Å². The summed E-state index contributed by atoms with van der Waals surface area (Å²) in [5.41, 5.74) is 0. The van der Waals surface area contributed by atoms with E-state index in [1.54, 1.807) is 0 Å². The van der Waals surface area contributed by atoms with Crippen LogP contribution < -0.4 is 5.32 Å². The molecule has 3 nitrogen and oxygen atoms in total. The summed E-state index contributed by atoms with van der Waals surface area (Å²) in [6.45, 7) is 9.18. The summed E-state index contributed by atoms with van der Waals surface area (Å²) in [7, 11) is 0. The van der Waals surface area contributed by atoms with Crippen LogP contribution in [0.2, 0.25) is 0 Å². The Morgan fingerprint density at radius 3 is 2.38 bits per heavy atom. The van der Waals surface area contributed by atoms with E-state index in [-0.39, 0.29) is 11.9 Å². The van der Waals surface area contributed by atoms with Gasteiger partial charge < -0.3 is 10.2 Å². The van der Waals surface area contributed by atoms with Crippen molar-refractivity contribution in [1.29, 1.82) is 0 Å². The van der Waals surface area contributed by atoms with Crippen molar-refractivity contribution in [2.75, 3.05) is 6.54 Å². The van der Waals surface area contributed by atoms with Crippen LogP contribution in [-0.2, 0) is 4.79 Å². The van der Waals surface area contributed by atoms with Crippen LogP contribution in [0, 0.1) is 0 Å². The lowest BCUT2D eigenvalue weighted by molar-refractivity contribution is -0.130. The fraction of sp³-hybridized carbons (Fsp3) is 0.900. The second-order valence-electron chi connectivity index (χ2n) is 4.29. The number of nitrogens with one attached hydrogen (secondary N) is 1. The van der Waals surface area contributed by atoms with Gasteiger partial charge in [-0.2, -0.15) is 0 Å². The zero-order chi connectivity index (χ0) is 10.0. The molecule has 0 spiro atoms. The van der Waals surface area contributed by atoms with Gasteiger partial charge >= 0.3 is 0 Å². The zero-order valence-electron chi connectivity index (χ0n) is 9.00. The minimum absolute atomic E-state index is 0.0578. The summed E-state index contributed by atoms with van der Waals surface area (Å²) in [5, 5.41) is 3.29. The van der Waals surface area contributed by atoms with Crippen LogP contribution in [-0.4, -0.2) is 35.5 Å². The summed E-state index contributed by atoms with van der Waals surface area (Å²) >= 11 is 0. The molecule has 0 radical (unpaired) electrons. The van der Waals surface area contributed by atoms with Gasteiger partial charge in [-0.25, -0.2) is 0 Å². The van der Waals surface area contributed by atoms with E-state index in [2.05, 4.69) is 33.0 Å². The van der Waals surface area contributed by atoms with Gasteiger partial charge in [-0.3, -0.25) is 4.79 Å². The van der Waals surface area contributed by atoms with E-state index in [1.165, 1.54) is 0 Å². The molecule has 1 unspecified atom stereocenters. The predicted octanol–water partition coefficient (Wildman–Crippen LogP) is 0.994. The third-order valence-electron chi connectivity index (χ3n) is 2.40. The van der Waals surface area contributed by atoms with E-state index >= 15 is 0 Å². The number of amides is 1. The molecule has 1 rings (SSSR count). The topological polar surface area (TPSA) is 32.3 Å². The third-order valence-corrected chi connectivity index (χ3v) is 2.40. The van der Waals surface area contributed by atoms with Gasteiger partial charge in [-0.1, -0.05) is 13.8 Å². The van der Waals surface area contributed by atoms with Gasteiger partial charge in [0.05, 0.1) is 6.04 Å². The van der Waals surface area contributed by atoms with E-state index in [0.29, 0.717) is 12.1 Å². The SMILES string of the molecule is CC(C)NC1CCN(C(C)C)C1=O. The first-order valence-electron chi connectivity index (χ1n) is 5.09. The quantitative estimate of drug-likeness (QED) is 0.709. The van der Waals surface area contributed by atoms with Crippen molar-refractivity contribution in [2.24, 2.45) is 0 Å². The second kappa shape index (κ2) is 4.09. The standard InChI is InChI=1S/C10H20N2O/c1-7(2)11-9-5-6-12(8(3)4)10(9)13/h7-9,11H,5-6H2,1-4H3. The van der Waals surface area contributed by atoms with Crippen molar-refractivity contribution in [3.8, 4) is 0 Å². The number of carbonyl (C=O) groups is 1. The van der Waals surface area contributed by atoms with Crippen LogP contribution in [0.5, 0.6) is 0 Å². The second-order valence-corrected chi connectivity index (χ2v) is 4.29. The number of hydrogen-bond donors (Lipinski definition) is 1. The molecule has 1 aliphatic heterocycles. The summed E-state index contributed by atoms with van der Waals surface area (Å²) < 4.78 is 0. The molecule has 0 bridgehead atoms. The van der Waals surface area contributed by atoms with Crippen molar-refractivity contribution >= 4 is 5.91 Å². The smallest absolute Gasteiger partial charge is 0.240 e. The average Bonchev–Trinajstić information content (AvgIpc) is 2.32. The molecule has 1 fully saturated rings. The van der Waals surface area contributed by atoms with Gasteiger partial charge in [0, 0.05) is 18.6 Å². The first-order valence-corrected chi connectivity index (χ1v) is 5.09. The molecule has 0 aromatic carbocycles. The molecule has 13 heavy (non-hydrogen) atoms. The molecule has 0 saturated carbocycles. The first kappa shape index (κ1) is 10.5. The molecule has 1 atom stereocenters. The molecule has 3 heteroatoms. The zero-order valence-corrected chi connectivity index (χ0v) is 9.00. The molecule has 1 saturated heterocycles. The molecule has 1 amide bonds. The van der Waals surface area contributed by atoms with Gasteiger partial charge in [0.25, 0.3) is 0 Å². The van der Waals surface area contributed by atoms with E-state index in [4.69, 9.17) is 0 Å². The minimum atomic E-state index is 0.0578. The van der Waals surface area contributed by atoms with E-state index in [9.17, 15) is 4.79 Å². The molecule has 0 aromatic heterocycles. The van der Waals surface area contributed by atoms with Crippen LogP contribution in [0.15, 0.2) is 0 Å². The van der Waals surface area contributed by atoms with E-state index in [0.717, 1.165) is 13.0 Å². The molecular weight excluding hydrogens is 164 g/mol. The van der Waals surface area contributed by atoms with Crippen LogP contribution in [0.1, 0.15) is 34.1 Å². The van der Waals surface area contributed by atoms with Crippen molar-refractivity contribution in [1.82, 2.24) is 10.2 Å². The van der Waals surface area contributed by atoms with Gasteiger partial charge in [0.1, 0.15) is 0 Å². The summed E-state index contributed by atoms with van der Waals surface area (Å²) in [6, 6.07) is 0.787. The van der Waals surface area contributed by atoms with Gasteiger partial charge in [-0.05, 0) is 20.3 Å². The first-order chi connectivity index (χ1) is 6.02.